The average Bonchev–Trinajstić information content (AvgIpc) is 2.36. The first-order chi connectivity index (χ1) is 9.22. The van der Waals surface area contributed by atoms with Gasteiger partial charge in [0.25, 0.3) is 10.0 Å². The number of rotatable bonds is 7. The first-order valence-corrected chi connectivity index (χ1v) is 7.57. The highest BCUT2D eigenvalue weighted by atomic mass is 32.2. The Morgan fingerprint density at radius 3 is 2.50 bits per heavy atom. The molecular weight excluding hydrogens is 284 g/mol. The van der Waals surface area contributed by atoms with E-state index < -0.39 is 22.1 Å². The van der Waals surface area contributed by atoms with Crippen molar-refractivity contribution < 1.29 is 23.4 Å². The maximum absolute atomic E-state index is 11.9. The van der Waals surface area contributed by atoms with Crippen molar-refractivity contribution in [2.75, 3.05) is 6.54 Å². The molecule has 0 aliphatic carbocycles. The van der Waals surface area contributed by atoms with Gasteiger partial charge in [0.1, 0.15) is 0 Å². The predicted molar refractivity (Wildman–Crippen MR) is 71.8 cm³/mol. The summed E-state index contributed by atoms with van der Waals surface area (Å²) >= 11 is 0. The Bertz CT molecular complexity index is 554. The molecule has 0 spiro atoms. The molecule has 112 valence electrons. The maximum Gasteiger partial charge on any atom is 0.337 e. The van der Waals surface area contributed by atoms with E-state index in [1.54, 1.807) is 0 Å². The first-order valence-electron chi connectivity index (χ1n) is 6.09. The van der Waals surface area contributed by atoms with Crippen LogP contribution in [0.2, 0.25) is 0 Å². The van der Waals surface area contributed by atoms with Gasteiger partial charge < -0.3 is 10.2 Å². The summed E-state index contributed by atoms with van der Waals surface area (Å²) in [5.74, 6) is -0.927. The summed E-state index contributed by atoms with van der Waals surface area (Å²) in [6.07, 6.45) is 0.679. The Balaban J connectivity index is 2.71. The van der Waals surface area contributed by atoms with Gasteiger partial charge in [0.05, 0.1) is 11.7 Å². The third-order valence-corrected chi connectivity index (χ3v) is 3.85. The number of nitrogens with zero attached hydrogens (tertiary/aromatic N) is 1. The van der Waals surface area contributed by atoms with Crippen LogP contribution >= 0.6 is 0 Å². The molecular formula is C12H18N2O5S. The fourth-order valence-electron chi connectivity index (χ4n) is 1.57. The molecule has 0 aliphatic heterocycles. The van der Waals surface area contributed by atoms with Crippen molar-refractivity contribution in [2.45, 2.75) is 31.4 Å². The Morgan fingerprint density at radius 1 is 1.40 bits per heavy atom. The van der Waals surface area contributed by atoms with Crippen LogP contribution in [0.5, 0.6) is 0 Å². The normalized spacial score (nSPS) is 13.4. The third-order valence-electron chi connectivity index (χ3n) is 2.51. The highest BCUT2D eigenvalue weighted by Gasteiger charge is 2.18. The van der Waals surface area contributed by atoms with E-state index in [1.165, 1.54) is 0 Å². The summed E-state index contributed by atoms with van der Waals surface area (Å²) in [5.41, 5.74) is -0.0937. The number of hydrogen-bond donors (Lipinski definition) is 3. The monoisotopic (exact) mass is 302 g/mol. The summed E-state index contributed by atoms with van der Waals surface area (Å²) in [5, 5.41) is 18.0. The predicted octanol–water partition coefficient (Wildman–Crippen LogP) is 0.465. The summed E-state index contributed by atoms with van der Waals surface area (Å²) in [6.45, 7) is 3.73. The van der Waals surface area contributed by atoms with E-state index in [0.717, 1.165) is 18.3 Å². The summed E-state index contributed by atoms with van der Waals surface area (Å²) in [7, 11) is -3.85. The first kappa shape index (κ1) is 16.5. The lowest BCUT2D eigenvalue weighted by Gasteiger charge is -2.13. The minimum atomic E-state index is -3.85. The molecule has 3 N–H and O–H groups in total. The fraction of sp³-hybridized carbons (Fsp3) is 0.500. The van der Waals surface area contributed by atoms with Crippen molar-refractivity contribution in [3.63, 3.8) is 0 Å². The molecule has 1 unspecified atom stereocenters. The molecule has 7 nitrogen and oxygen atoms in total. The molecule has 0 saturated carbocycles. The Morgan fingerprint density at radius 2 is 2.05 bits per heavy atom. The van der Waals surface area contributed by atoms with Gasteiger partial charge in [-0.25, -0.2) is 22.9 Å². The van der Waals surface area contributed by atoms with Crippen LogP contribution in [0, 0.1) is 5.92 Å². The van der Waals surface area contributed by atoms with Gasteiger partial charge in [0.2, 0.25) is 0 Å². The van der Waals surface area contributed by atoms with Crippen LogP contribution in [0.1, 0.15) is 30.6 Å². The quantitative estimate of drug-likeness (QED) is 0.674. The zero-order chi connectivity index (χ0) is 15.3. The van der Waals surface area contributed by atoms with Crippen LogP contribution in [0.3, 0.4) is 0 Å². The maximum atomic E-state index is 11.9. The van der Waals surface area contributed by atoms with Gasteiger partial charge in [0.15, 0.2) is 5.03 Å². The van der Waals surface area contributed by atoms with Gasteiger partial charge >= 0.3 is 5.97 Å². The second-order valence-electron chi connectivity index (χ2n) is 4.83. The number of nitrogens with one attached hydrogen (secondary N) is 1. The second kappa shape index (κ2) is 6.78. The van der Waals surface area contributed by atoms with Crippen molar-refractivity contribution in [3.05, 3.63) is 23.9 Å². The standard InChI is InChI=1S/C12H18N2O5S/c1-8(2)5-10(15)7-14-20(18,19)11-4-3-9(6-13-11)12(16)17/h3-4,6,8,10,14-15H,5,7H2,1-2H3,(H,16,17). The number of hydrogen-bond acceptors (Lipinski definition) is 5. The van der Waals surface area contributed by atoms with Gasteiger partial charge in [-0.2, -0.15) is 0 Å². The molecule has 8 heteroatoms. The SMILES string of the molecule is CC(C)CC(O)CNS(=O)(=O)c1ccc(C(=O)O)cn1. The molecule has 1 aromatic rings. The molecule has 0 fully saturated rings. The third kappa shape index (κ3) is 4.87. The number of sulfonamides is 1. The number of aliphatic hydroxyl groups excluding tert-OH is 1. The lowest BCUT2D eigenvalue weighted by Crippen LogP contribution is -2.33. The van der Waals surface area contributed by atoms with Crippen LogP contribution in [0.25, 0.3) is 0 Å². The number of aromatic nitrogens is 1. The molecule has 1 rings (SSSR count). The average molecular weight is 302 g/mol. The van der Waals surface area contributed by atoms with E-state index >= 15 is 0 Å². The van der Waals surface area contributed by atoms with Gasteiger partial charge in [0, 0.05) is 12.7 Å². The fourth-order valence-corrected chi connectivity index (χ4v) is 2.57. The van der Waals surface area contributed by atoms with E-state index in [-0.39, 0.29) is 23.1 Å². The zero-order valence-electron chi connectivity index (χ0n) is 11.3. The minimum absolute atomic E-state index is 0.0937. The van der Waals surface area contributed by atoms with Crippen molar-refractivity contribution in [1.82, 2.24) is 9.71 Å². The van der Waals surface area contributed by atoms with Gasteiger partial charge in [-0.3, -0.25) is 0 Å². The molecule has 0 saturated heterocycles. The second-order valence-corrected chi connectivity index (χ2v) is 6.54. The molecule has 20 heavy (non-hydrogen) atoms. The molecule has 0 bridgehead atoms. The van der Waals surface area contributed by atoms with Crippen molar-refractivity contribution in [3.8, 4) is 0 Å². The van der Waals surface area contributed by atoms with E-state index in [0.29, 0.717) is 6.42 Å². The van der Waals surface area contributed by atoms with Crippen LogP contribution in [0.4, 0.5) is 0 Å². The number of carboxylic acids is 1. The summed E-state index contributed by atoms with van der Waals surface area (Å²) in [6, 6.07) is 2.27. The van der Waals surface area contributed by atoms with Gasteiger partial charge in [-0.15, -0.1) is 0 Å². The Kier molecular flexibility index (Phi) is 5.61. The van der Waals surface area contributed by atoms with Crippen molar-refractivity contribution >= 4 is 16.0 Å². The molecule has 1 aromatic heterocycles. The van der Waals surface area contributed by atoms with E-state index in [4.69, 9.17) is 5.11 Å². The Labute approximate surface area is 117 Å². The van der Waals surface area contributed by atoms with Crippen molar-refractivity contribution in [1.29, 1.82) is 0 Å². The van der Waals surface area contributed by atoms with Crippen LogP contribution < -0.4 is 4.72 Å². The summed E-state index contributed by atoms with van der Waals surface area (Å²) < 4.78 is 26.0. The molecule has 0 radical (unpaired) electrons. The molecule has 0 aliphatic rings. The summed E-state index contributed by atoms with van der Waals surface area (Å²) in [4.78, 5) is 14.2. The van der Waals surface area contributed by atoms with E-state index in [9.17, 15) is 18.3 Å². The van der Waals surface area contributed by atoms with Crippen LogP contribution in [-0.2, 0) is 10.0 Å². The van der Waals surface area contributed by atoms with Crippen molar-refractivity contribution in [2.24, 2.45) is 5.92 Å². The lowest BCUT2D eigenvalue weighted by atomic mass is 10.1. The highest BCUT2D eigenvalue weighted by Crippen LogP contribution is 2.08. The lowest BCUT2D eigenvalue weighted by molar-refractivity contribution is 0.0696. The number of carboxylic acid groups (broad SMARTS) is 1. The highest BCUT2D eigenvalue weighted by molar-refractivity contribution is 7.89. The zero-order valence-corrected chi connectivity index (χ0v) is 12.1. The van der Waals surface area contributed by atoms with Crippen LogP contribution in [0.15, 0.2) is 23.4 Å². The van der Waals surface area contributed by atoms with E-state index in [2.05, 4.69) is 9.71 Å². The smallest absolute Gasteiger partial charge is 0.337 e. The van der Waals surface area contributed by atoms with Crippen LogP contribution in [-0.4, -0.2) is 42.2 Å². The largest absolute Gasteiger partial charge is 0.478 e. The molecule has 1 atom stereocenters. The minimum Gasteiger partial charge on any atom is -0.478 e. The molecule has 0 amide bonds. The number of aromatic carboxylic acids is 1. The van der Waals surface area contributed by atoms with E-state index in [1.807, 2.05) is 13.8 Å². The Hall–Kier alpha value is -1.51. The molecule has 1 heterocycles. The topological polar surface area (TPSA) is 117 Å². The number of carbonyl (C=O) groups is 1. The van der Waals surface area contributed by atoms with Gasteiger partial charge in [-0.05, 0) is 24.5 Å². The number of aliphatic hydroxyl groups is 1. The number of pyridine rings is 1. The van der Waals surface area contributed by atoms with Gasteiger partial charge in [-0.1, -0.05) is 13.8 Å². The molecule has 0 aromatic carbocycles.